The third kappa shape index (κ3) is 6.22. The van der Waals surface area contributed by atoms with E-state index < -0.39 is 9.84 Å². The maximum Gasteiger partial charge on any atom is 0.153 e. The predicted octanol–water partition coefficient (Wildman–Crippen LogP) is 1.39. The Kier molecular flexibility index (Phi) is 6.33. The summed E-state index contributed by atoms with van der Waals surface area (Å²) < 4.78 is 33.4. The van der Waals surface area contributed by atoms with Crippen molar-refractivity contribution in [3.05, 3.63) is 29.8 Å². The minimum atomic E-state index is -3.11. The van der Waals surface area contributed by atoms with Crippen molar-refractivity contribution in [3.63, 3.8) is 0 Å². The number of methoxy groups -OCH3 is 1. The van der Waals surface area contributed by atoms with Crippen LogP contribution in [0.5, 0.6) is 5.75 Å². The number of rotatable bonds is 8. The normalized spacial score (nSPS) is 10.9. The predicted molar refractivity (Wildman–Crippen MR) is 71.8 cm³/mol. The van der Waals surface area contributed by atoms with Gasteiger partial charge in [-0.2, -0.15) is 5.26 Å². The zero-order chi connectivity index (χ0) is 14.1. The van der Waals surface area contributed by atoms with Crippen molar-refractivity contribution >= 4 is 9.84 Å². The van der Waals surface area contributed by atoms with Gasteiger partial charge < -0.3 is 9.47 Å². The van der Waals surface area contributed by atoms with Gasteiger partial charge in [0, 0.05) is 13.7 Å². The number of ether oxygens (including phenoxy) is 2. The van der Waals surface area contributed by atoms with Crippen molar-refractivity contribution in [2.45, 2.75) is 6.42 Å². The van der Waals surface area contributed by atoms with Crippen LogP contribution in [-0.2, 0) is 14.6 Å². The Bertz CT molecular complexity index is 534. The van der Waals surface area contributed by atoms with Crippen molar-refractivity contribution in [1.82, 2.24) is 0 Å². The molecular weight excluding hydrogens is 266 g/mol. The van der Waals surface area contributed by atoms with Gasteiger partial charge in [0.1, 0.15) is 12.4 Å². The second-order valence-electron chi connectivity index (χ2n) is 3.99. The van der Waals surface area contributed by atoms with Crippen molar-refractivity contribution in [1.29, 1.82) is 5.26 Å². The van der Waals surface area contributed by atoms with Crippen LogP contribution in [0.1, 0.15) is 12.0 Å². The van der Waals surface area contributed by atoms with E-state index >= 15 is 0 Å². The molecule has 0 aliphatic rings. The molecule has 0 aromatic heterocycles. The second-order valence-corrected chi connectivity index (χ2v) is 6.29. The molecule has 0 aliphatic heterocycles. The molecule has 1 rings (SSSR count). The Morgan fingerprint density at radius 1 is 1.26 bits per heavy atom. The van der Waals surface area contributed by atoms with Crippen LogP contribution in [-0.4, -0.2) is 40.2 Å². The minimum absolute atomic E-state index is 0.0342. The molecule has 0 saturated heterocycles. The summed E-state index contributed by atoms with van der Waals surface area (Å²) in [6.07, 6.45) is 0.489. The van der Waals surface area contributed by atoms with Gasteiger partial charge in [-0.05, 0) is 24.6 Å². The number of nitriles is 1. The lowest BCUT2D eigenvalue weighted by atomic mass is 10.2. The molecule has 0 heterocycles. The van der Waals surface area contributed by atoms with E-state index in [0.29, 0.717) is 24.3 Å². The van der Waals surface area contributed by atoms with Gasteiger partial charge in [-0.25, -0.2) is 8.42 Å². The summed E-state index contributed by atoms with van der Waals surface area (Å²) in [5.74, 6) is 0.571. The first-order chi connectivity index (χ1) is 9.07. The Balaban J connectivity index is 2.39. The summed E-state index contributed by atoms with van der Waals surface area (Å²) in [6, 6.07) is 8.63. The van der Waals surface area contributed by atoms with Gasteiger partial charge in [0.15, 0.2) is 9.84 Å². The van der Waals surface area contributed by atoms with Gasteiger partial charge in [0.2, 0.25) is 0 Å². The van der Waals surface area contributed by atoms with E-state index in [2.05, 4.69) is 0 Å². The molecule has 0 amide bonds. The SMILES string of the molecule is COCCCS(=O)(=O)CCOc1cccc(C#N)c1. The molecule has 0 unspecified atom stereocenters. The summed E-state index contributed by atoms with van der Waals surface area (Å²) in [5, 5.41) is 8.72. The largest absolute Gasteiger partial charge is 0.492 e. The monoisotopic (exact) mass is 283 g/mol. The number of nitrogens with zero attached hydrogens (tertiary/aromatic N) is 1. The smallest absolute Gasteiger partial charge is 0.153 e. The van der Waals surface area contributed by atoms with Gasteiger partial charge in [-0.15, -0.1) is 0 Å². The lowest BCUT2D eigenvalue weighted by Gasteiger charge is -2.07. The lowest BCUT2D eigenvalue weighted by molar-refractivity contribution is 0.199. The van der Waals surface area contributed by atoms with Crippen molar-refractivity contribution in [3.8, 4) is 11.8 Å². The highest BCUT2D eigenvalue weighted by molar-refractivity contribution is 7.91. The van der Waals surface area contributed by atoms with Crippen LogP contribution < -0.4 is 4.74 Å². The molecule has 0 saturated carbocycles. The topological polar surface area (TPSA) is 76.4 Å². The first kappa shape index (κ1) is 15.5. The number of hydrogen-bond acceptors (Lipinski definition) is 5. The molecule has 0 aliphatic carbocycles. The van der Waals surface area contributed by atoms with E-state index in [0.717, 1.165) is 0 Å². The molecule has 6 heteroatoms. The Labute approximate surface area is 113 Å². The molecule has 0 bridgehead atoms. The summed E-state index contributed by atoms with van der Waals surface area (Å²) in [7, 11) is -1.57. The fourth-order valence-electron chi connectivity index (χ4n) is 1.47. The van der Waals surface area contributed by atoms with Gasteiger partial charge in [0.05, 0.1) is 23.1 Å². The summed E-state index contributed by atoms with van der Waals surface area (Å²) in [6.45, 7) is 0.522. The van der Waals surface area contributed by atoms with Crippen LogP contribution >= 0.6 is 0 Å². The molecule has 0 atom stereocenters. The summed E-state index contributed by atoms with van der Waals surface area (Å²) in [5.41, 5.74) is 0.487. The molecule has 0 fully saturated rings. The van der Waals surface area contributed by atoms with Crippen molar-refractivity contribution < 1.29 is 17.9 Å². The molecule has 0 spiro atoms. The van der Waals surface area contributed by atoms with Gasteiger partial charge in [0.25, 0.3) is 0 Å². The van der Waals surface area contributed by atoms with E-state index in [1.807, 2.05) is 6.07 Å². The Hall–Kier alpha value is -1.58. The molecular formula is C13H17NO4S. The van der Waals surface area contributed by atoms with E-state index in [4.69, 9.17) is 14.7 Å². The summed E-state index contributed by atoms with van der Waals surface area (Å²) >= 11 is 0. The average molecular weight is 283 g/mol. The fraction of sp³-hybridized carbons (Fsp3) is 0.462. The first-order valence-electron chi connectivity index (χ1n) is 5.90. The fourth-order valence-corrected chi connectivity index (χ4v) is 2.57. The van der Waals surface area contributed by atoms with Gasteiger partial charge in [-0.1, -0.05) is 6.07 Å². The maximum atomic E-state index is 11.6. The van der Waals surface area contributed by atoms with Gasteiger partial charge in [-0.3, -0.25) is 0 Å². The van der Waals surface area contributed by atoms with Crippen molar-refractivity contribution in [2.24, 2.45) is 0 Å². The average Bonchev–Trinajstić information content (AvgIpc) is 2.39. The molecule has 0 N–H and O–H groups in total. The molecule has 19 heavy (non-hydrogen) atoms. The molecule has 0 radical (unpaired) electrons. The van der Waals surface area contributed by atoms with E-state index in [1.165, 1.54) is 7.11 Å². The maximum absolute atomic E-state index is 11.6. The lowest BCUT2D eigenvalue weighted by Crippen LogP contribution is -2.18. The van der Waals surface area contributed by atoms with Crippen LogP contribution in [0.2, 0.25) is 0 Å². The van der Waals surface area contributed by atoms with Gasteiger partial charge >= 0.3 is 0 Å². The highest BCUT2D eigenvalue weighted by atomic mass is 32.2. The van der Waals surface area contributed by atoms with Crippen LogP contribution in [0.25, 0.3) is 0 Å². The Morgan fingerprint density at radius 3 is 2.74 bits per heavy atom. The van der Waals surface area contributed by atoms with Crippen LogP contribution in [0.3, 0.4) is 0 Å². The minimum Gasteiger partial charge on any atom is -0.492 e. The highest BCUT2D eigenvalue weighted by Gasteiger charge is 2.10. The zero-order valence-corrected chi connectivity index (χ0v) is 11.6. The third-order valence-electron chi connectivity index (χ3n) is 2.43. The van der Waals surface area contributed by atoms with Crippen molar-refractivity contribution in [2.75, 3.05) is 31.8 Å². The summed E-state index contributed by atoms with van der Waals surface area (Å²) in [4.78, 5) is 0. The van der Waals surface area contributed by atoms with Crippen LogP contribution in [0, 0.1) is 11.3 Å². The number of benzene rings is 1. The molecule has 1 aromatic carbocycles. The van der Waals surface area contributed by atoms with E-state index in [1.54, 1.807) is 24.3 Å². The molecule has 1 aromatic rings. The second kappa shape index (κ2) is 7.77. The first-order valence-corrected chi connectivity index (χ1v) is 7.72. The molecule has 5 nitrogen and oxygen atoms in total. The van der Waals surface area contributed by atoms with E-state index in [-0.39, 0.29) is 18.1 Å². The van der Waals surface area contributed by atoms with Crippen LogP contribution in [0.15, 0.2) is 24.3 Å². The highest BCUT2D eigenvalue weighted by Crippen LogP contribution is 2.12. The standard InChI is InChI=1S/C13H17NO4S/c1-17-6-3-8-19(15,16)9-7-18-13-5-2-4-12(10-13)11-14/h2,4-5,10H,3,6-9H2,1H3. The Morgan fingerprint density at radius 2 is 2.05 bits per heavy atom. The van der Waals surface area contributed by atoms with Crippen LogP contribution in [0.4, 0.5) is 0 Å². The number of hydrogen-bond donors (Lipinski definition) is 0. The zero-order valence-electron chi connectivity index (χ0n) is 10.8. The quantitative estimate of drug-likeness (QED) is 0.674. The molecule has 104 valence electrons. The van der Waals surface area contributed by atoms with E-state index in [9.17, 15) is 8.42 Å². The third-order valence-corrected chi connectivity index (χ3v) is 4.13. The number of sulfone groups is 1.